The number of hydrogen-bond acceptors (Lipinski definition) is 5. The van der Waals surface area contributed by atoms with Gasteiger partial charge in [-0.3, -0.25) is 0 Å². The van der Waals surface area contributed by atoms with Crippen LogP contribution in [0.2, 0.25) is 0 Å². The first-order valence-electron chi connectivity index (χ1n) is 5.03. The molecule has 1 aromatic heterocycles. The molecule has 0 aliphatic heterocycles. The average Bonchev–Trinajstić information content (AvgIpc) is 2.74. The zero-order valence-electron chi connectivity index (χ0n) is 9.51. The molecule has 2 amide bonds. The summed E-state index contributed by atoms with van der Waals surface area (Å²) in [4.78, 5) is 25.9. The zero-order chi connectivity index (χ0) is 12.8. The lowest BCUT2D eigenvalue weighted by Gasteiger charge is -2.17. The van der Waals surface area contributed by atoms with Gasteiger partial charge in [0.1, 0.15) is 6.04 Å². The van der Waals surface area contributed by atoms with Crippen LogP contribution >= 0.6 is 0 Å². The first kappa shape index (κ1) is 12.9. The molecule has 1 heterocycles. The summed E-state index contributed by atoms with van der Waals surface area (Å²) >= 11 is 0. The molecule has 1 rings (SSSR count). The van der Waals surface area contributed by atoms with Gasteiger partial charge in [-0.25, -0.2) is 9.59 Å². The maximum absolute atomic E-state index is 11.4. The zero-order valence-corrected chi connectivity index (χ0v) is 9.51. The third-order valence-corrected chi connectivity index (χ3v) is 2.03. The Morgan fingerprint density at radius 1 is 1.53 bits per heavy atom. The van der Waals surface area contributed by atoms with Crippen molar-refractivity contribution in [3.63, 3.8) is 0 Å². The molecule has 17 heavy (non-hydrogen) atoms. The minimum atomic E-state index is -1.07. The van der Waals surface area contributed by atoms with Gasteiger partial charge in [0.15, 0.2) is 5.82 Å². The van der Waals surface area contributed by atoms with Gasteiger partial charge in [0.25, 0.3) is 0 Å². The Bertz CT molecular complexity index is 376. The Labute approximate surface area is 97.4 Å². The van der Waals surface area contributed by atoms with Gasteiger partial charge in [0, 0.05) is 0 Å². The van der Waals surface area contributed by atoms with Crippen molar-refractivity contribution in [2.75, 3.05) is 0 Å². The van der Waals surface area contributed by atoms with Gasteiger partial charge in [-0.05, 0) is 5.92 Å². The Morgan fingerprint density at radius 2 is 2.24 bits per heavy atom. The summed E-state index contributed by atoms with van der Waals surface area (Å²) in [5, 5.41) is 17.1. The van der Waals surface area contributed by atoms with Gasteiger partial charge in [-0.2, -0.15) is 4.98 Å². The molecule has 1 aromatic rings. The molecule has 94 valence electrons. The Kier molecular flexibility index (Phi) is 4.44. The number of nitrogens with zero attached hydrogens (tertiary/aromatic N) is 2. The fourth-order valence-electron chi connectivity index (χ4n) is 1.14. The number of rotatable bonds is 5. The average molecular weight is 242 g/mol. The molecule has 0 fully saturated rings. The van der Waals surface area contributed by atoms with Crippen molar-refractivity contribution in [3.8, 4) is 0 Å². The van der Waals surface area contributed by atoms with Crippen LogP contribution in [-0.2, 0) is 11.3 Å². The molecule has 0 unspecified atom stereocenters. The fraction of sp³-hybridized carbons (Fsp3) is 0.556. The Hall–Kier alpha value is -2.12. The minimum Gasteiger partial charge on any atom is -0.480 e. The minimum absolute atomic E-state index is 0.0762. The highest BCUT2D eigenvalue weighted by molar-refractivity contribution is 5.82. The molecule has 8 heteroatoms. The van der Waals surface area contributed by atoms with Crippen LogP contribution in [0.15, 0.2) is 10.9 Å². The van der Waals surface area contributed by atoms with Gasteiger partial charge >= 0.3 is 12.0 Å². The number of nitrogens with one attached hydrogen (secondary N) is 2. The smallest absolute Gasteiger partial charge is 0.326 e. The topological polar surface area (TPSA) is 117 Å². The number of carbonyl (C=O) groups excluding carboxylic acids is 1. The van der Waals surface area contributed by atoms with Crippen LogP contribution in [0.4, 0.5) is 4.79 Å². The highest BCUT2D eigenvalue weighted by Crippen LogP contribution is 2.01. The maximum Gasteiger partial charge on any atom is 0.326 e. The van der Waals surface area contributed by atoms with E-state index in [1.165, 1.54) is 0 Å². The van der Waals surface area contributed by atoms with Crippen molar-refractivity contribution < 1.29 is 19.2 Å². The van der Waals surface area contributed by atoms with E-state index in [2.05, 4.69) is 25.3 Å². The SMILES string of the molecule is CC(C)[C@H](NC(=O)NCc1ncon1)C(=O)O. The fourth-order valence-corrected chi connectivity index (χ4v) is 1.14. The molecule has 3 N–H and O–H groups in total. The number of aliphatic carboxylic acids is 1. The maximum atomic E-state index is 11.4. The largest absolute Gasteiger partial charge is 0.480 e. The van der Waals surface area contributed by atoms with E-state index in [0.29, 0.717) is 5.82 Å². The van der Waals surface area contributed by atoms with Crippen molar-refractivity contribution in [2.45, 2.75) is 26.4 Å². The van der Waals surface area contributed by atoms with Crippen molar-refractivity contribution >= 4 is 12.0 Å². The van der Waals surface area contributed by atoms with Crippen LogP contribution in [-0.4, -0.2) is 33.3 Å². The van der Waals surface area contributed by atoms with Gasteiger partial charge in [0.2, 0.25) is 6.39 Å². The standard InChI is InChI=1S/C9H14N4O4/c1-5(2)7(8(14)15)12-9(16)10-3-6-11-4-17-13-6/h4-5,7H,3H2,1-2H3,(H,14,15)(H2,10,12,16)/t7-/m0/s1. The van der Waals surface area contributed by atoms with Crippen molar-refractivity contribution in [3.05, 3.63) is 12.2 Å². The molecule has 0 bridgehead atoms. The predicted molar refractivity (Wildman–Crippen MR) is 55.9 cm³/mol. The van der Waals surface area contributed by atoms with E-state index in [-0.39, 0.29) is 12.5 Å². The van der Waals surface area contributed by atoms with Crippen molar-refractivity contribution in [1.29, 1.82) is 0 Å². The van der Waals surface area contributed by atoms with E-state index in [0.717, 1.165) is 6.39 Å². The summed E-state index contributed by atoms with van der Waals surface area (Å²) in [5.74, 6) is -0.963. The number of hydrogen-bond donors (Lipinski definition) is 3. The van der Waals surface area contributed by atoms with E-state index in [1.807, 2.05) is 0 Å². The van der Waals surface area contributed by atoms with E-state index in [9.17, 15) is 9.59 Å². The molecule has 0 radical (unpaired) electrons. The highest BCUT2D eigenvalue weighted by atomic mass is 16.5. The lowest BCUT2D eigenvalue weighted by molar-refractivity contribution is -0.140. The second-order valence-electron chi connectivity index (χ2n) is 3.73. The molecule has 1 atom stereocenters. The van der Waals surface area contributed by atoms with Crippen LogP contribution in [0.1, 0.15) is 19.7 Å². The first-order chi connectivity index (χ1) is 8.00. The Morgan fingerprint density at radius 3 is 2.71 bits per heavy atom. The second-order valence-corrected chi connectivity index (χ2v) is 3.73. The molecule has 0 saturated heterocycles. The number of carbonyl (C=O) groups is 2. The highest BCUT2D eigenvalue weighted by Gasteiger charge is 2.23. The first-order valence-corrected chi connectivity index (χ1v) is 5.03. The predicted octanol–water partition coefficient (Wildman–Crippen LogP) is -0.0220. The second kappa shape index (κ2) is 5.83. The lowest BCUT2D eigenvalue weighted by Crippen LogP contribution is -2.48. The van der Waals surface area contributed by atoms with Crippen molar-refractivity contribution in [2.24, 2.45) is 5.92 Å². The van der Waals surface area contributed by atoms with Crippen LogP contribution in [0.3, 0.4) is 0 Å². The number of carboxylic acid groups (broad SMARTS) is 1. The number of carboxylic acids is 1. The number of urea groups is 1. The van der Waals surface area contributed by atoms with Gasteiger partial charge in [-0.1, -0.05) is 19.0 Å². The number of aromatic nitrogens is 2. The molecular formula is C9H14N4O4. The van der Waals surface area contributed by atoms with Crippen LogP contribution in [0.25, 0.3) is 0 Å². The quantitative estimate of drug-likeness (QED) is 0.667. The van der Waals surface area contributed by atoms with Gasteiger partial charge in [-0.15, -0.1) is 0 Å². The summed E-state index contributed by atoms with van der Waals surface area (Å²) < 4.78 is 4.48. The Balaban J connectivity index is 2.40. The van der Waals surface area contributed by atoms with E-state index >= 15 is 0 Å². The monoisotopic (exact) mass is 242 g/mol. The van der Waals surface area contributed by atoms with Gasteiger partial charge in [0.05, 0.1) is 6.54 Å². The normalized spacial score (nSPS) is 12.2. The molecule has 8 nitrogen and oxygen atoms in total. The summed E-state index contributed by atoms with van der Waals surface area (Å²) in [7, 11) is 0. The molecule has 0 aliphatic carbocycles. The third-order valence-electron chi connectivity index (χ3n) is 2.03. The summed E-state index contributed by atoms with van der Waals surface area (Å²) in [6, 6.07) is -1.52. The van der Waals surface area contributed by atoms with Crippen LogP contribution in [0, 0.1) is 5.92 Å². The molecule has 0 spiro atoms. The number of amides is 2. The third kappa shape index (κ3) is 4.09. The summed E-state index contributed by atoms with van der Waals surface area (Å²) in [5.41, 5.74) is 0. The van der Waals surface area contributed by atoms with E-state index in [4.69, 9.17) is 5.11 Å². The molecular weight excluding hydrogens is 228 g/mol. The van der Waals surface area contributed by atoms with Crippen LogP contribution < -0.4 is 10.6 Å². The van der Waals surface area contributed by atoms with Crippen molar-refractivity contribution in [1.82, 2.24) is 20.8 Å². The summed E-state index contributed by atoms with van der Waals surface area (Å²) in [6.45, 7) is 3.49. The molecule has 0 aromatic carbocycles. The van der Waals surface area contributed by atoms with Crippen LogP contribution in [0.5, 0.6) is 0 Å². The van der Waals surface area contributed by atoms with E-state index in [1.54, 1.807) is 13.8 Å². The lowest BCUT2D eigenvalue weighted by atomic mass is 10.1. The van der Waals surface area contributed by atoms with Gasteiger partial charge < -0.3 is 20.3 Å². The van der Waals surface area contributed by atoms with E-state index < -0.39 is 18.0 Å². The summed E-state index contributed by atoms with van der Waals surface area (Å²) in [6.07, 6.45) is 1.14. The molecule has 0 aliphatic rings. The molecule has 0 saturated carbocycles.